The highest BCUT2D eigenvalue weighted by molar-refractivity contribution is 8.19. The topological polar surface area (TPSA) is 55.1 Å². The Morgan fingerprint density at radius 3 is 2.48 bits per heavy atom. The first kappa shape index (κ1) is 18.4. The quantitative estimate of drug-likeness (QED) is 0.599. The van der Waals surface area contributed by atoms with Gasteiger partial charge in [0, 0.05) is 28.2 Å². The van der Waals surface area contributed by atoms with Crippen molar-refractivity contribution in [1.82, 2.24) is 4.98 Å². The summed E-state index contributed by atoms with van der Waals surface area (Å²) in [5, 5.41) is 2.96. The number of nitrogens with zero attached hydrogens (tertiary/aromatic N) is 1. The number of anilines is 1. The molecule has 0 atom stereocenters. The van der Waals surface area contributed by atoms with Gasteiger partial charge >= 0.3 is 0 Å². The average Bonchev–Trinajstić information content (AvgIpc) is 3.31. The van der Waals surface area contributed by atoms with Gasteiger partial charge in [0.05, 0.1) is 4.58 Å². The number of hydrogen-bond donors (Lipinski definition) is 1. The Bertz CT molecular complexity index is 968. The third-order valence-corrected chi connectivity index (χ3v) is 7.46. The van der Waals surface area contributed by atoms with Crippen molar-refractivity contribution in [2.45, 2.75) is 30.8 Å². The molecule has 0 spiro atoms. The van der Waals surface area contributed by atoms with Gasteiger partial charge in [0.1, 0.15) is 5.52 Å². The van der Waals surface area contributed by atoms with Crippen molar-refractivity contribution in [1.29, 1.82) is 0 Å². The van der Waals surface area contributed by atoms with Crippen molar-refractivity contribution in [2.75, 3.05) is 16.8 Å². The van der Waals surface area contributed by atoms with Crippen molar-refractivity contribution < 1.29 is 9.21 Å². The minimum atomic E-state index is -0.153. The highest BCUT2D eigenvalue weighted by Gasteiger charge is 2.21. The molecule has 4 rings (SSSR count). The molecule has 0 radical (unpaired) electrons. The zero-order valence-corrected chi connectivity index (χ0v) is 17.2. The first-order valence-electron chi connectivity index (χ1n) is 8.96. The second-order valence-electron chi connectivity index (χ2n) is 7.60. The van der Waals surface area contributed by atoms with E-state index in [1.165, 1.54) is 17.1 Å². The predicted molar refractivity (Wildman–Crippen MR) is 115 cm³/mol. The van der Waals surface area contributed by atoms with Gasteiger partial charge < -0.3 is 9.73 Å². The summed E-state index contributed by atoms with van der Waals surface area (Å²) in [6, 6.07) is 13.5. The molecule has 1 fully saturated rings. The van der Waals surface area contributed by atoms with Crippen molar-refractivity contribution in [3.63, 3.8) is 0 Å². The monoisotopic (exact) mass is 398 g/mol. The maximum absolute atomic E-state index is 12.6. The highest BCUT2D eigenvalue weighted by Crippen LogP contribution is 2.45. The van der Waals surface area contributed by atoms with E-state index in [9.17, 15) is 4.79 Å². The molecule has 0 bridgehead atoms. The summed E-state index contributed by atoms with van der Waals surface area (Å²) >= 11 is 3.93. The molecule has 3 aromatic rings. The molecule has 1 amide bonds. The second-order valence-corrected chi connectivity index (χ2v) is 10.3. The summed E-state index contributed by atoms with van der Waals surface area (Å²) in [6.45, 7) is 6.19. The van der Waals surface area contributed by atoms with E-state index >= 15 is 0 Å². The van der Waals surface area contributed by atoms with E-state index < -0.39 is 0 Å². The molecule has 6 heteroatoms. The van der Waals surface area contributed by atoms with Crippen molar-refractivity contribution in [3.05, 3.63) is 59.5 Å². The summed E-state index contributed by atoms with van der Waals surface area (Å²) in [5.41, 5.74) is 3.98. The molecule has 27 heavy (non-hydrogen) atoms. The second kappa shape index (κ2) is 7.24. The van der Waals surface area contributed by atoms with Crippen LogP contribution < -0.4 is 5.32 Å². The Morgan fingerprint density at radius 1 is 1.11 bits per heavy atom. The third-order valence-electron chi connectivity index (χ3n) is 4.35. The summed E-state index contributed by atoms with van der Waals surface area (Å²) in [4.78, 5) is 17.1. The molecule has 1 aromatic heterocycles. The van der Waals surface area contributed by atoms with Gasteiger partial charge in [-0.3, -0.25) is 4.79 Å². The van der Waals surface area contributed by atoms with E-state index in [2.05, 4.69) is 43.2 Å². The van der Waals surface area contributed by atoms with Gasteiger partial charge in [0.25, 0.3) is 5.91 Å². The van der Waals surface area contributed by atoms with Crippen LogP contribution in [0.15, 0.2) is 46.9 Å². The van der Waals surface area contributed by atoms with Crippen LogP contribution in [-0.4, -0.2) is 22.4 Å². The SMILES string of the molecule is CC(C)(C)c1nc2cc(NC(=O)c3ccc(C4SCCS4)cc3)ccc2o1. The molecule has 140 valence electrons. The number of fused-ring (bicyclic) bond motifs is 1. The van der Waals surface area contributed by atoms with Gasteiger partial charge in [-0.15, -0.1) is 23.5 Å². The number of oxazole rings is 1. The molecule has 0 unspecified atom stereocenters. The molecule has 2 heterocycles. The van der Waals surface area contributed by atoms with Gasteiger partial charge in [0.2, 0.25) is 5.89 Å². The van der Waals surface area contributed by atoms with E-state index in [0.717, 1.165) is 11.1 Å². The largest absolute Gasteiger partial charge is 0.440 e. The molecule has 1 saturated heterocycles. The summed E-state index contributed by atoms with van der Waals surface area (Å²) < 4.78 is 6.31. The normalized spacial score (nSPS) is 15.4. The Kier molecular flexibility index (Phi) is 4.95. The van der Waals surface area contributed by atoms with Crippen molar-refractivity contribution >= 4 is 46.2 Å². The Hall–Kier alpha value is -1.92. The number of aromatic nitrogens is 1. The highest BCUT2D eigenvalue weighted by atomic mass is 32.2. The number of amides is 1. The fraction of sp³-hybridized carbons (Fsp3) is 0.333. The van der Waals surface area contributed by atoms with Gasteiger partial charge in [-0.25, -0.2) is 4.98 Å². The molecule has 1 aliphatic rings. The maximum Gasteiger partial charge on any atom is 0.255 e. The van der Waals surface area contributed by atoms with E-state index in [4.69, 9.17) is 4.42 Å². The lowest BCUT2D eigenvalue weighted by molar-refractivity contribution is 0.102. The van der Waals surface area contributed by atoms with Gasteiger partial charge in [-0.05, 0) is 35.9 Å². The van der Waals surface area contributed by atoms with Crippen molar-refractivity contribution in [3.8, 4) is 0 Å². The zero-order valence-electron chi connectivity index (χ0n) is 15.6. The third kappa shape index (κ3) is 4.01. The number of thioether (sulfide) groups is 2. The van der Waals surface area contributed by atoms with Crippen LogP contribution in [0.3, 0.4) is 0 Å². The summed E-state index contributed by atoms with van der Waals surface area (Å²) in [7, 11) is 0. The first-order valence-corrected chi connectivity index (χ1v) is 11.1. The molecule has 0 aliphatic carbocycles. The lowest BCUT2D eigenvalue weighted by atomic mass is 9.97. The minimum Gasteiger partial charge on any atom is -0.440 e. The van der Waals surface area contributed by atoms with E-state index in [1.54, 1.807) is 0 Å². The fourth-order valence-corrected chi connectivity index (χ4v) is 5.73. The number of rotatable bonds is 3. The van der Waals surface area contributed by atoms with Crippen LogP contribution in [0, 0.1) is 0 Å². The number of carbonyl (C=O) groups excluding carboxylic acids is 1. The van der Waals surface area contributed by atoms with Gasteiger partial charge in [-0.2, -0.15) is 0 Å². The molecule has 1 N–H and O–H groups in total. The number of carbonyl (C=O) groups is 1. The average molecular weight is 399 g/mol. The smallest absolute Gasteiger partial charge is 0.255 e. The molecule has 1 aliphatic heterocycles. The van der Waals surface area contributed by atoms with Crippen LogP contribution in [0.2, 0.25) is 0 Å². The Morgan fingerprint density at radius 2 is 1.81 bits per heavy atom. The predicted octanol–water partition coefficient (Wildman–Crippen LogP) is 5.86. The van der Waals surface area contributed by atoms with Gasteiger partial charge in [0.15, 0.2) is 5.58 Å². The van der Waals surface area contributed by atoms with Crippen LogP contribution in [0.25, 0.3) is 11.1 Å². The first-order chi connectivity index (χ1) is 12.9. The molecule has 2 aromatic carbocycles. The van der Waals surface area contributed by atoms with E-state index in [-0.39, 0.29) is 11.3 Å². The van der Waals surface area contributed by atoms with E-state index in [0.29, 0.717) is 21.7 Å². The Labute approximate surface area is 167 Å². The number of nitrogens with one attached hydrogen (secondary N) is 1. The van der Waals surface area contributed by atoms with Crippen LogP contribution in [-0.2, 0) is 5.41 Å². The van der Waals surface area contributed by atoms with E-state index in [1.807, 2.05) is 53.9 Å². The maximum atomic E-state index is 12.6. The zero-order chi connectivity index (χ0) is 19.0. The lowest BCUT2D eigenvalue weighted by Gasteiger charge is -2.11. The number of benzene rings is 2. The van der Waals surface area contributed by atoms with Crippen LogP contribution in [0.1, 0.15) is 47.2 Å². The minimum absolute atomic E-state index is 0.118. The molecular weight excluding hydrogens is 376 g/mol. The van der Waals surface area contributed by atoms with Crippen LogP contribution in [0.5, 0.6) is 0 Å². The van der Waals surface area contributed by atoms with Gasteiger partial charge in [-0.1, -0.05) is 32.9 Å². The van der Waals surface area contributed by atoms with Crippen LogP contribution >= 0.6 is 23.5 Å². The summed E-state index contributed by atoms with van der Waals surface area (Å²) in [5.74, 6) is 2.96. The fourth-order valence-electron chi connectivity index (χ4n) is 2.87. The Balaban J connectivity index is 1.50. The van der Waals surface area contributed by atoms with Crippen LogP contribution in [0.4, 0.5) is 5.69 Å². The number of hydrogen-bond acceptors (Lipinski definition) is 5. The lowest BCUT2D eigenvalue weighted by Crippen LogP contribution is -2.12. The standard InChI is InChI=1S/C21H22N2O2S2/c1-21(2,3)20-23-16-12-15(8-9-17(16)25-20)22-18(24)13-4-6-14(7-5-13)19-26-10-11-27-19/h4-9,12,19H,10-11H2,1-3H3,(H,22,24). The molecular formula is C21H22N2O2S2. The van der Waals surface area contributed by atoms with Crippen molar-refractivity contribution in [2.24, 2.45) is 0 Å². The summed E-state index contributed by atoms with van der Waals surface area (Å²) in [6.07, 6.45) is 0. The molecule has 4 nitrogen and oxygen atoms in total. The molecule has 0 saturated carbocycles.